The summed E-state index contributed by atoms with van der Waals surface area (Å²) >= 11 is 0. The second kappa shape index (κ2) is 8.42. The molecule has 0 amide bonds. The van der Waals surface area contributed by atoms with Gasteiger partial charge in [0.25, 0.3) is 0 Å². The van der Waals surface area contributed by atoms with E-state index in [1.54, 1.807) is 6.92 Å². The van der Waals surface area contributed by atoms with Gasteiger partial charge in [-0.15, -0.1) is 0 Å². The van der Waals surface area contributed by atoms with Crippen molar-refractivity contribution >= 4 is 0 Å². The van der Waals surface area contributed by atoms with E-state index in [1.807, 2.05) is 13.8 Å². The first kappa shape index (κ1) is 16.3. The highest BCUT2D eigenvalue weighted by Gasteiger charge is 2.23. The highest BCUT2D eigenvalue weighted by atomic mass is 16.5. The molecule has 0 aromatic rings. The summed E-state index contributed by atoms with van der Waals surface area (Å²) in [6, 6.07) is 0. The standard InChI is InChI=1S/C13H24O4/c1-9(2)6-16-8-12(14)13(15)11(5)17-7-10(3)4/h11-15H,1,3,6-8H2,2,4-5H3. The fourth-order valence-corrected chi connectivity index (χ4v) is 1.14. The molecule has 0 aliphatic carbocycles. The molecule has 0 aliphatic heterocycles. The Hall–Kier alpha value is -0.680. The number of ether oxygens (including phenoxy) is 2. The lowest BCUT2D eigenvalue weighted by molar-refractivity contribution is -0.0981. The summed E-state index contributed by atoms with van der Waals surface area (Å²) in [5.74, 6) is 0. The molecule has 0 saturated heterocycles. The predicted molar refractivity (Wildman–Crippen MR) is 67.9 cm³/mol. The van der Waals surface area contributed by atoms with Crippen LogP contribution in [0.2, 0.25) is 0 Å². The predicted octanol–water partition coefficient (Wildman–Crippen LogP) is 1.28. The Morgan fingerprint density at radius 2 is 1.65 bits per heavy atom. The molecule has 0 spiro atoms. The van der Waals surface area contributed by atoms with Crippen molar-refractivity contribution in [2.75, 3.05) is 19.8 Å². The minimum atomic E-state index is -0.973. The molecular formula is C13H24O4. The minimum Gasteiger partial charge on any atom is -0.388 e. The van der Waals surface area contributed by atoms with Crippen LogP contribution in [0.1, 0.15) is 20.8 Å². The third-order valence-corrected chi connectivity index (χ3v) is 2.10. The number of hydrogen-bond acceptors (Lipinski definition) is 4. The molecule has 17 heavy (non-hydrogen) atoms. The second-order valence-electron chi connectivity index (χ2n) is 4.50. The lowest BCUT2D eigenvalue weighted by Crippen LogP contribution is -2.40. The molecule has 0 saturated carbocycles. The smallest absolute Gasteiger partial charge is 0.108 e. The molecule has 3 atom stereocenters. The molecule has 0 heterocycles. The number of hydrogen-bond donors (Lipinski definition) is 2. The summed E-state index contributed by atoms with van der Waals surface area (Å²) in [6.45, 7) is 13.6. The Morgan fingerprint density at radius 1 is 1.12 bits per heavy atom. The molecular weight excluding hydrogens is 220 g/mol. The van der Waals surface area contributed by atoms with Gasteiger partial charge in [0.2, 0.25) is 0 Å². The van der Waals surface area contributed by atoms with Gasteiger partial charge in [-0.2, -0.15) is 0 Å². The van der Waals surface area contributed by atoms with Crippen molar-refractivity contribution in [1.82, 2.24) is 0 Å². The average molecular weight is 244 g/mol. The van der Waals surface area contributed by atoms with Crippen molar-refractivity contribution in [3.63, 3.8) is 0 Å². The van der Waals surface area contributed by atoms with E-state index in [-0.39, 0.29) is 6.61 Å². The van der Waals surface area contributed by atoms with Crippen LogP contribution in [0.3, 0.4) is 0 Å². The quantitative estimate of drug-likeness (QED) is 0.600. The van der Waals surface area contributed by atoms with Gasteiger partial charge in [-0.25, -0.2) is 0 Å². The highest BCUT2D eigenvalue weighted by Crippen LogP contribution is 2.06. The third kappa shape index (κ3) is 8.10. The van der Waals surface area contributed by atoms with Crippen LogP contribution < -0.4 is 0 Å². The molecule has 0 aromatic heterocycles. The zero-order chi connectivity index (χ0) is 13.4. The maximum Gasteiger partial charge on any atom is 0.108 e. The fourth-order valence-electron chi connectivity index (χ4n) is 1.14. The normalized spacial score (nSPS) is 16.3. The van der Waals surface area contributed by atoms with Gasteiger partial charge in [0, 0.05) is 0 Å². The summed E-state index contributed by atoms with van der Waals surface area (Å²) in [4.78, 5) is 0. The molecule has 100 valence electrons. The van der Waals surface area contributed by atoms with Gasteiger partial charge >= 0.3 is 0 Å². The summed E-state index contributed by atoms with van der Waals surface area (Å²) in [5.41, 5.74) is 1.75. The van der Waals surface area contributed by atoms with Crippen molar-refractivity contribution in [3.05, 3.63) is 24.3 Å². The molecule has 2 N–H and O–H groups in total. The van der Waals surface area contributed by atoms with Crippen molar-refractivity contribution < 1.29 is 19.7 Å². The van der Waals surface area contributed by atoms with Gasteiger partial charge in [-0.1, -0.05) is 24.3 Å². The number of aliphatic hydroxyl groups excluding tert-OH is 2. The Balaban J connectivity index is 3.89. The van der Waals surface area contributed by atoms with Gasteiger partial charge in [-0.3, -0.25) is 0 Å². The van der Waals surface area contributed by atoms with Crippen LogP contribution in [0.25, 0.3) is 0 Å². The molecule has 4 heteroatoms. The summed E-state index contributed by atoms with van der Waals surface area (Å²) in [5, 5.41) is 19.4. The van der Waals surface area contributed by atoms with Crippen molar-refractivity contribution in [1.29, 1.82) is 0 Å². The summed E-state index contributed by atoms with van der Waals surface area (Å²) in [7, 11) is 0. The largest absolute Gasteiger partial charge is 0.388 e. The Labute approximate surface area is 104 Å². The average Bonchev–Trinajstić information content (AvgIpc) is 2.24. The first-order valence-corrected chi connectivity index (χ1v) is 5.68. The SMILES string of the molecule is C=C(C)COCC(O)C(O)C(C)OCC(=C)C. The van der Waals surface area contributed by atoms with Crippen molar-refractivity contribution in [3.8, 4) is 0 Å². The number of aliphatic hydroxyl groups is 2. The molecule has 0 aromatic carbocycles. The van der Waals surface area contributed by atoms with Crippen LogP contribution in [0.4, 0.5) is 0 Å². The van der Waals surface area contributed by atoms with Gasteiger partial charge in [0.05, 0.1) is 25.9 Å². The van der Waals surface area contributed by atoms with Crippen LogP contribution in [-0.2, 0) is 9.47 Å². The van der Waals surface area contributed by atoms with Gasteiger partial charge in [0.1, 0.15) is 12.2 Å². The van der Waals surface area contributed by atoms with E-state index in [0.717, 1.165) is 11.1 Å². The maximum atomic E-state index is 9.76. The molecule has 0 fully saturated rings. The van der Waals surface area contributed by atoms with E-state index in [1.165, 1.54) is 0 Å². The summed E-state index contributed by atoms with van der Waals surface area (Å²) in [6.07, 6.45) is -2.40. The first-order valence-electron chi connectivity index (χ1n) is 5.68. The molecule has 0 bridgehead atoms. The molecule has 0 radical (unpaired) electrons. The molecule has 3 unspecified atom stereocenters. The van der Waals surface area contributed by atoms with E-state index >= 15 is 0 Å². The monoisotopic (exact) mass is 244 g/mol. The van der Waals surface area contributed by atoms with E-state index in [2.05, 4.69) is 13.2 Å². The fraction of sp³-hybridized carbons (Fsp3) is 0.692. The molecule has 4 nitrogen and oxygen atoms in total. The van der Waals surface area contributed by atoms with E-state index in [4.69, 9.17) is 9.47 Å². The van der Waals surface area contributed by atoms with Gasteiger partial charge in [0.15, 0.2) is 0 Å². The van der Waals surface area contributed by atoms with E-state index < -0.39 is 18.3 Å². The number of rotatable bonds is 9. The zero-order valence-corrected chi connectivity index (χ0v) is 11.0. The van der Waals surface area contributed by atoms with Crippen LogP contribution >= 0.6 is 0 Å². The van der Waals surface area contributed by atoms with Crippen molar-refractivity contribution in [2.24, 2.45) is 0 Å². The van der Waals surface area contributed by atoms with Crippen LogP contribution in [0.15, 0.2) is 24.3 Å². The highest BCUT2D eigenvalue weighted by molar-refractivity contribution is 4.89. The molecule has 0 aliphatic rings. The Kier molecular flexibility index (Phi) is 8.08. The second-order valence-corrected chi connectivity index (χ2v) is 4.50. The van der Waals surface area contributed by atoms with Crippen LogP contribution in [0.5, 0.6) is 0 Å². The Bertz CT molecular complexity index is 250. The maximum absolute atomic E-state index is 9.76. The minimum absolute atomic E-state index is 0.0643. The lowest BCUT2D eigenvalue weighted by Gasteiger charge is -2.24. The van der Waals surface area contributed by atoms with Crippen LogP contribution in [0, 0.1) is 0 Å². The lowest BCUT2D eigenvalue weighted by atomic mass is 10.1. The molecule has 0 rings (SSSR count). The first-order chi connectivity index (χ1) is 7.84. The third-order valence-electron chi connectivity index (χ3n) is 2.10. The zero-order valence-electron chi connectivity index (χ0n) is 11.0. The van der Waals surface area contributed by atoms with Gasteiger partial charge < -0.3 is 19.7 Å². The summed E-state index contributed by atoms with van der Waals surface area (Å²) < 4.78 is 10.5. The Morgan fingerprint density at radius 3 is 2.12 bits per heavy atom. The van der Waals surface area contributed by atoms with Gasteiger partial charge in [-0.05, 0) is 20.8 Å². The van der Waals surface area contributed by atoms with E-state index in [9.17, 15) is 10.2 Å². The van der Waals surface area contributed by atoms with Crippen molar-refractivity contribution in [2.45, 2.75) is 39.1 Å². The topological polar surface area (TPSA) is 58.9 Å². The van der Waals surface area contributed by atoms with E-state index in [0.29, 0.717) is 13.2 Å². The van der Waals surface area contributed by atoms with Crippen LogP contribution in [-0.4, -0.2) is 48.3 Å².